The molecule has 13 rings (SSSR count). The number of nitrogens with zero attached hydrogens (tertiary/aromatic N) is 2. The fourth-order valence-electron chi connectivity index (χ4n) is 15.7. The van der Waals surface area contributed by atoms with Crippen molar-refractivity contribution >= 4 is 63.7 Å². The first-order valence-corrected chi connectivity index (χ1v) is 33.6. The summed E-state index contributed by atoms with van der Waals surface area (Å²) < 4.78 is 61.0. The van der Waals surface area contributed by atoms with Crippen LogP contribution in [-0.2, 0) is 66.6 Å². The van der Waals surface area contributed by atoms with Crippen LogP contribution in [0.25, 0.3) is 0 Å². The quantitative estimate of drug-likeness (QED) is 0.0684. The summed E-state index contributed by atoms with van der Waals surface area (Å²) in [6.45, 7) is 35.2. The molecule has 4 aliphatic heterocycles. The Labute approximate surface area is 563 Å². The van der Waals surface area contributed by atoms with Crippen LogP contribution in [0.3, 0.4) is 0 Å². The molecular formula is C71H102B2N4O16S. The van der Waals surface area contributed by atoms with E-state index in [0.717, 1.165) is 40.7 Å². The summed E-state index contributed by atoms with van der Waals surface area (Å²) in [6, 6.07) is 16.0. The van der Waals surface area contributed by atoms with Crippen molar-refractivity contribution < 1.29 is 75.8 Å². The molecule has 6 aliphatic carbocycles. The predicted octanol–water partition coefficient (Wildman–Crippen LogP) is 11.3. The van der Waals surface area contributed by atoms with Gasteiger partial charge in [0.25, 0.3) is 0 Å². The number of nitrogens with one attached hydrogen (secondary N) is 1. The molecule has 4 bridgehead atoms. The standard InChI is InChI=1S/C36H54BN3O9.C35H46BNO7.H2S/c1-20-21(13-14-37-48-27-16-22-15-26(35(22,8)9)36(27,10)49-37)11-12-25(29(20)31(43)46-33(2,3)4)45-23-18-40(19-23)30(42)24(17-28(38)41)39-32(44)47-34(5,6)7;1-22-24(15-16-36-43-29-18-25-17-28(34(25,5)6)35(29,7)44-36)13-14-27(30(22)31(38)42-33(2,3)4)41-26-19-37(20-26)32(39)40-21-23-11-9-8-10-12-23;/h11-12,22-24,26-27H,13-19H2,1-10H3,(H2,38,41)(H,39,44);8-14,25-26,28-29H,15-21H2,1-7H3;1H2/t22-,24-,26-,27+,36-;25-,28-,29+,35-;/m00./s1. The Morgan fingerprint density at radius 1 is 0.606 bits per heavy atom. The smallest absolute Gasteiger partial charge is 0.457 e. The van der Waals surface area contributed by atoms with Gasteiger partial charge in [0, 0.05) is 0 Å². The van der Waals surface area contributed by atoms with E-state index < -0.39 is 58.8 Å². The molecule has 9 atom stereocenters. The average Bonchev–Trinajstić information content (AvgIpc) is 1.36. The van der Waals surface area contributed by atoms with Crippen LogP contribution < -0.4 is 20.5 Å². The molecular weight excluding hydrogens is 1220 g/mol. The van der Waals surface area contributed by atoms with Gasteiger partial charge in [-0.3, -0.25) is 9.59 Å². The van der Waals surface area contributed by atoms with Crippen LogP contribution in [-0.4, -0.2) is 145 Å². The number of alkyl carbamates (subject to hydrolysis) is 1. The summed E-state index contributed by atoms with van der Waals surface area (Å²) in [7, 11) is -0.574. The number of carbonyl (C=O) groups is 6. The highest BCUT2D eigenvalue weighted by Gasteiger charge is 2.69. The second kappa shape index (κ2) is 27.1. The van der Waals surface area contributed by atoms with Gasteiger partial charge in [-0.05, 0) is 216 Å². The van der Waals surface area contributed by atoms with Crippen LogP contribution in [0.2, 0.25) is 12.6 Å². The maximum atomic E-state index is 13.6. The molecule has 10 aliphatic rings. The van der Waals surface area contributed by atoms with Crippen LogP contribution in [0.15, 0.2) is 54.6 Å². The number of aryl methyl sites for hydroxylation is 2. The van der Waals surface area contributed by atoms with Crippen molar-refractivity contribution in [1.29, 1.82) is 0 Å². The number of esters is 2. The van der Waals surface area contributed by atoms with Crippen LogP contribution in [0.4, 0.5) is 9.59 Å². The Kier molecular flexibility index (Phi) is 20.9. The number of nitrogens with two attached hydrogens (primary N) is 1. The van der Waals surface area contributed by atoms with E-state index in [1.165, 1.54) is 17.7 Å². The second-order valence-corrected chi connectivity index (χ2v) is 31.9. The highest BCUT2D eigenvalue weighted by atomic mass is 32.1. The van der Waals surface area contributed by atoms with Gasteiger partial charge < -0.3 is 67.9 Å². The molecule has 3 aromatic rings. The summed E-state index contributed by atoms with van der Waals surface area (Å²) in [5.74, 6) is 1.10. The molecule has 4 saturated heterocycles. The topological polar surface area (TPSA) is 239 Å². The Hall–Kier alpha value is -6.00. The molecule has 23 heteroatoms. The van der Waals surface area contributed by atoms with Gasteiger partial charge in [0.05, 0.1) is 56.0 Å². The summed E-state index contributed by atoms with van der Waals surface area (Å²) in [5, 5.41) is 2.46. The van der Waals surface area contributed by atoms with Crippen LogP contribution in [0.5, 0.6) is 11.5 Å². The number of rotatable bonds is 18. The number of amides is 4. The third kappa shape index (κ3) is 15.5. The molecule has 20 nitrogen and oxygen atoms in total. The van der Waals surface area contributed by atoms with Gasteiger partial charge in [0.15, 0.2) is 0 Å². The normalized spacial score (nSPS) is 26.6. The van der Waals surface area contributed by atoms with E-state index >= 15 is 0 Å². The molecule has 10 fully saturated rings. The summed E-state index contributed by atoms with van der Waals surface area (Å²) >= 11 is 0. The number of carbonyl (C=O) groups excluding carboxylic acids is 6. The first kappa shape index (κ1) is 72.3. The number of ether oxygens (including phenoxy) is 6. The summed E-state index contributed by atoms with van der Waals surface area (Å²) in [6.07, 6.45) is 5.24. The fraction of sp³-hybridized carbons (Fsp3) is 0.662. The Balaban J connectivity index is 0.000000220. The fourth-order valence-corrected chi connectivity index (χ4v) is 15.7. The van der Waals surface area contributed by atoms with Gasteiger partial charge in [-0.15, -0.1) is 0 Å². The van der Waals surface area contributed by atoms with Crippen molar-refractivity contribution in [2.75, 3.05) is 26.2 Å². The van der Waals surface area contributed by atoms with Crippen molar-refractivity contribution in [2.24, 2.45) is 40.2 Å². The lowest BCUT2D eigenvalue weighted by Crippen LogP contribution is -2.65. The minimum atomic E-state index is -1.18. The summed E-state index contributed by atoms with van der Waals surface area (Å²) in [4.78, 5) is 79.9. The number of hydrogen-bond donors (Lipinski definition) is 2. The zero-order valence-corrected chi connectivity index (χ0v) is 59.5. The van der Waals surface area contributed by atoms with E-state index in [1.807, 2.05) is 104 Å². The van der Waals surface area contributed by atoms with Gasteiger partial charge in [-0.1, -0.05) is 70.2 Å². The van der Waals surface area contributed by atoms with Crippen molar-refractivity contribution in [3.63, 3.8) is 0 Å². The largest absolute Gasteiger partial charge is 0.486 e. The van der Waals surface area contributed by atoms with Gasteiger partial charge >= 0.3 is 38.4 Å². The molecule has 3 aromatic carbocycles. The van der Waals surface area contributed by atoms with E-state index in [-0.39, 0.29) is 94.9 Å². The molecule has 6 saturated carbocycles. The lowest BCUT2D eigenvalue weighted by atomic mass is 9.43. The maximum absolute atomic E-state index is 13.6. The first-order valence-electron chi connectivity index (χ1n) is 33.6. The van der Waals surface area contributed by atoms with Crippen molar-refractivity contribution in [3.8, 4) is 11.5 Å². The Morgan fingerprint density at radius 2 is 1.03 bits per heavy atom. The molecule has 514 valence electrons. The third-order valence-electron chi connectivity index (χ3n) is 21.0. The number of primary amides is 1. The van der Waals surface area contributed by atoms with Crippen LogP contribution >= 0.6 is 13.5 Å². The molecule has 0 spiro atoms. The SMILES string of the molecule is Cc1c(CCB2O[C@@H]3C[C@@H]4C[C@@H](C4(C)C)[C@]3(C)O2)ccc(OC2CN(C(=O)OCc3ccccc3)C2)c1C(=O)OC(C)(C)C.Cc1c(CCB2O[C@@H]3C[C@@H]4C[C@@H](C4(C)C)[C@]3(C)O2)ccc(OC2CN(C(=O)[C@H](CC(N)=O)NC(=O)OC(C)(C)C)C2)c1C(=O)OC(C)(C)C.S. The van der Waals surface area contributed by atoms with E-state index in [1.54, 1.807) is 31.7 Å². The zero-order chi connectivity index (χ0) is 67.7. The van der Waals surface area contributed by atoms with E-state index in [4.69, 9.17) is 52.8 Å². The van der Waals surface area contributed by atoms with Crippen LogP contribution in [0.1, 0.15) is 184 Å². The van der Waals surface area contributed by atoms with E-state index in [9.17, 15) is 28.8 Å². The average molecular weight is 1320 g/mol. The number of hydrogen-bond acceptors (Lipinski definition) is 16. The lowest BCUT2D eigenvalue weighted by Gasteiger charge is -2.64. The molecule has 94 heavy (non-hydrogen) atoms. The Morgan fingerprint density at radius 3 is 1.44 bits per heavy atom. The van der Waals surface area contributed by atoms with Crippen molar-refractivity contribution in [3.05, 3.63) is 93.5 Å². The molecule has 3 N–H and O–H groups in total. The monoisotopic (exact) mass is 1320 g/mol. The lowest BCUT2D eigenvalue weighted by molar-refractivity contribution is -0.199. The summed E-state index contributed by atoms with van der Waals surface area (Å²) in [5.41, 5.74) is 8.56. The maximum Gasteiger partial charge on any atom is 0.457 e. The van der Waals surface area contributed by atoms with Gasteiger partial charge in [0.2, 0.25) is 11.8 Å². The zero-order valence-electron chi connectivity index (χ0n) is 58.5. The van der Waals surface area contributed by atoms with Crippen LogP contribution in [0, 0.1) is 48.3 Å². The second-order valence-electron chi connectivity index (χ2n) is 31.9. The van der Waals surface area contributed by atoms with Gasteiger partial charge in [-0.2, -0.15) is 13.5 Å². The number of likely N-dealkylation sites (tertiary alicyclic amines) is 2. The van der Waals surface area contributed by atoms with E-state index in [2.05, 4.69) is 46.9 Å². The molecule has 0 aromatic heterocycles. The molecule has 4 heterocycles. The minimum absolute atomic E-state index is 0. The molecule has 0 unspecified atom stereocenters. The predicted molar refractivity (Wildman–Crippen MR) is 361 cm³/mol. The Bertz CT molecular complexity index is 3320. The van der Waals surface area contributed by atoms with Crippen molar-refractivity contribution in [2.45, 2.75) is 240 Å². The van der Waals surface area contributed by atoms with E-state index in [0.29, 0.717) is 90.3 Å². The highest BCUT2D eigenvalue weighted by molar-refractivity contribution is 7.59. The van der Waals surface area contributed by atoms with Gasteiger partial charge in [0.1, 0.15) is 64.3 Å². The highest BCUT2D eigenvalue weighted by Crippen LogP contribution is 2.67. The minimum Gasteiger partial charge on any atom is -0.486 e. The van der Waals surface area contributed by atoms with Gasteiger partial charge in [-0.25, -0.2) is 19.2 Å². The third-order valence-corrected chi connectivity index (χ3v) is 21.0. The molecule has 0 radical (unpaired) electrons. The van der Waals surface area contributed by atoms with Crippen molar-refractivity contribution in [1.82, 2.24) is 15.1 Å². The number of benzene rings is 3. The first-order chi connectivity index (χ1) is 43.3. The molecule has 4 amide bonds.